The van der Waals surface area contributed by atoms with E-state index in [2.05, 4.69) is 35.7 Å². The quantitative estimate of drug-likeness (QED) is 0.768. The van der Waals surface area contributed by atoms with E-state index in [1.165, 1.54) is 18.4 Å². The van der Waals surface area contributed by atoms with Crippen molar-refractivity contribution in [3.05, 3.63) is 35.9 Å². The molecule has 1 aromatic carbocycles. The Bertz CT molecular complexity index is 390. The van der Waals surface area contributed by atoms with Crippen LogP contribution >= 0.6 is 0 Å². The van der Waals surface area contributed by atoms with Gasteiger partial charge in [0.2, 0.25) is 0 Å². The van der Waals surface area contributed by atoms with Crippen LogP contribution in [0.5, 0.6) is 0 Å². The van der Waals surface area contributed by atoms with Crippen LogP contribution in [0, 0.1) is 0 Å². The highest BCUT2D eigenvalue weighted by Gasteiger charge is 2.18. The highest BCUT2D eigenvalue weighted by molar-refractivity contribution is 5.68. The molecule has 1 aromatic rings. The molecule has 1 aliphatic rings. The summed E-state index contributed by atoms with van der Waals surface area (Å²) in [5.74, 6) is 0.613. The lowest BCUT2D eigenvalue weighted by Crippen LogP contribution is -2.26. The smallest absolute Gasteiger partial charge is 0.0729 e. The van der Waals surface area contributed by atoms with Gasteiger partial charge in [-0.2, -0.15) is 0 Å². The summed E-state index contributed by atoms with van der Waals surface area (Å²) in [5.41, 5.74) is 3.43. The Labute approximate surface area is 97.1 Å². The lowest BCUT2D eigenvalue weighted by molar-refractivity contribution is 0.461. The lowest BCUT2D eigenvalue weighted by Gasteiger charge is -2.24. The van der Waals surface area contributed by atoms with Gasteiger partial charge in [-0.3, -0.25) is 4.99 Å². The molecule has 1 saturated heterocycles. The van der Waals surface area contributed by atoms with Gasteiger partial charge in [-0.15, -0.1) is 0 Å². The van der Waals surface area contributed by atoms with E-state index in [9.17, 15) is 0 Å². The van der Waals surface area contributed by atoms with E-state index in [0.717, 1.165) is 24.3 Å². The van der Waals surface area contributed by atoms with Crippen LogP contribution in [-0.4, -0.2) is 19.8 Å². The van der Waals surface area contributed by atoms with Gasteiger partial charge in [-0.25, -0.2) is 0 Å². The minimum absolute atomic E-state index is 0.613. The Morgan fingerprint density at radius 3 is 2.69 bits per heavy atom. The predicted octanol–water partition coefficient (Wildman–Crippen LogP) is 3.13. The minimum atomic E-state index is 0.613. The molecule has 0 saturated carbocycles. The molecule has 0 spiro atoms. The first-order valence-corrected chi connectivity index (χ1v) is 5.79. The molecule has 0 atom stereocenters. The van der Waals surface area contributed by atoms with E-state index in [0.29, 0.717) is 5.92 Å². The molecule has 0 bridgehead atoms. The number of hydrogen-bond acceptors (Lipinski definition) is 2. The summed E-state index contributed by atoms with van der Waals surface area (Å²) in [5, 5.41) is 3.38. The van der Waals surface area contributed by atoms with E-state index >= 15 is 0 Å². The number of nitrogens with zero attached hydrogens (tertiary/aromatic N) is 1. The molecule has 0 radical (unpaired) electrons. The van der Waals surface area contributed by atoms with Crippen molar-refractivity contribution in [1.29, 1.82) is 0 Å². The standard InChI is InChI=1S/C14H18N2/c1-3-11-5-4-6-13(14(11)15-2)12-7-9-16-10-8-12/h3-6,12,16H,1-2,7-10H2. The molecule has 0 unspecified atom stereocenters. The van der Waals surface area contributed by atoms with Crippen molar-refractivity contribution in [2.75, 3.05) is 13.1 Å². The number of aliphatic imine (C=N–C) groups is 1. The fourth-order valence-corrected chi connectivity index (χ4v) is 2.39. The summed E-state index contributed by atoms with van der Waals surface area (Å²) in [6.45, 7) is 9.70. The normalized spacial score (nSPS) is 17.0. The second-order valence-corrected chi connectivity index (χ2v) is 4.17. The summed E-state index contributed by atoms with van der Waals surface area (Å²) >= 11 is 0. The second-order valence-electron chi connectivity index (χ2n) is 4.17. The van der Waals surface area contributed by atoms with Crippen LogP contribution < -0.4 is 5.32 Å². The Morgan fingerprint density at radius 1 is 1.31 bits per heavy atom. The first-order valence-electron chi connectivity index (χ1n) is 5.79. The van der Waals surface area contributed by atoms with Crippen LogP contribution in [0.2, 0.25) is 0 Å². The van der Waals surface area contributed by atoms with Crippen molar-refractivity contribution >= 4 is 18.5 Å². The number of hydrogen-bond donors (Lipinski definition) is 1. The number of benzene rings is 1. The Morgan fingerprint density at radius 2 is 2.06 bits per heavy atom. The van der Waals surface area contributed by atoms with E-state index in [4.69, 9.17) is 0 Å². The van der Waals surface area contributed by atoms with Crippen LogP contribution in [0.1, 0.15) is 29.9 Å². The molecule has 1 fully saturated rings. The average Bonchev–Trinajstić information content (AvgIpc) is 2.38. The Balaban J connectivity index is 2.38. The number of nitrogens with one attached hydrogen (secondary N) is 1. The fourth-order valence-electron chi connectivity index (χ4n) is 2.39. The molecule has 0 aromatic heterocycles. The molecule has 0 aliphatic carbocycles. The molecular weight excluding hydrogens is 196 g/mol. The zero-order valence-electron chi connectivity index (χ0n) is 9.58. The van der Waals surface area contributed by atoms with Gasteiger partial charge >= 0.3 is 0 Å². The first kappa shape index (κ1) is 11.1. The van der Waals surface area contributed by atoms with Gasteiger partial charge in [-0.1, -0.05) is 30.9 Å². The van der Waals surface area contributed by atoms with Crippen LogP contribution in [0.25, 0.3) is 6.08 Å². The Kier molecular flexibility index (Phi) is 3.52. The zero-order chi connectivity index (χ0) is 11.4. The number of para-hydroxylation sites is 1. The van der Waals surface area contributed by atoms with Crippen molar-refractivity contribution in [2.45, 2.75) is 18.8 Å². The summed E-state index contributed by atoms with van der Waals surface area (Å²) < 4.78 is 0. The Hall–Kier alpha value is -1.41. The predicted molar refractivity (Wildman–Crippen MR) is 70.6 cm³/mol. The van der Waals surface area contributed by atoms with Crippen LogP contribution in [-0.2, 0) is 0 Å². The summed E-state index contributed by atoms with van der Waals surface area (Å²) in [7, 11) is 0. The summed E-state index contributed by atoms with van der Waals surface area (Å²) in [6.07, 6.45) is 4.22. The topological polar surface area (TPSA) is 24.4 Å². The minimum Gasteiger partial charge on any atom is -0.317 e. The SMILES string of the molecule is C=Cc1cccc(C2CCNCC2)c1N=C. The van der Waals surface area contributed by atoms with Crippen molar-refractivity contribution < 1.29 is 0 Å². The third-order valence-corrected chi connectivity index (χ3v) is 3.26. The maximum atomic E-state index is 4.17. The van der Waals surface area contributed by atoms with Crippen LogP contribution in [0.3, 0.4) is 0 Å². The van der Waals surface area contributed by atoms with Crippen molar-refractivity contribution in [2.24, 2.45) is 4.99 Å². The average molecular weight is 214 g/mol. The number of rotatable bonds is 3. The van der Waals surface area contributed by atoms with E-state index in [1.54, 1.807) is 0 Å². The van der Waals surface area contributed by atoms with Gasteiger partial charge in [0.05, 0.1) is 5.69 Å². The van der Waals surface area contributed by atoms with Crippen LogP contribution in [0.15, 0.2) is 29.8 Å². The molecule has 84 valence electrons. The van der Waals surface area contributed by atoms with E-state index in [-0.39, 0.29) is 0 Å². The van der Waals surface area contributed by atoms with Gasteiger partial charge in [0.15, 0.2) is 0 Å². The van der Waals surface area contributed by atoms with Gasteiger partial charge in [0.1, 0.15) is 0 Å². The molecule has 1 N–H and O–H groups in total. The maximum Gasteiger partial charge on any atom is 0.0729 e. The van der Waals surface area contributed by atoms with Crippen molar-refractivity contribution in [3.8, 4) is 0 Å². The molecule has 16 heavy (non-hydrogen) atoms. The maximum absolute atomic E-state index is 4.17. The molecular formula is C14H18N2. The molecule has 2 nitrogen and oxygen atoms in total. The molecule has 0 amide bonds. The monoisotopic (exact) mass is 214 g/mol. The summed E-state index contributed by atoms with van der Waals surface area (Å²) in [6, 6.07) is 6.30. The largest absolute Gasteiger partial charge is 0.317 e. The van der Waals surface area contributed by atoms with Crippen molar-refractivity contribution in [1.82, 2.24) is 5.32 Å². The van der Waals surface area contributed by atoms with E-state index < -0.39 is 0 Å². The highest BCUT2D eigenvalue weighted by atomic mass is 14.9. The van der Waals surface area contributed by atoms with Crippen LogP contribution in [0.4, 0.5) is 5.69 Å². The van der Waals surface area contributed by atoms with Gasteiger partial charge in [0.25, 0.3) is 0 Å². The third kappa shape index (κ3) is 2.07. The molecule has 1 heterocycles. The molecule has 1 aliphatic heterocycles. The van der Waals surface area contributed by atoms with Gasteiger partial charge in [0, 0.05) is 0 Å². The second kappa shape index (κ2) is 5.08. The molecule has 2 rings (SSSR count). The first-order chi connectivity index (χ1) is 7.86. The van der Waals surface area contributed by atoms with Gasteiger partial charge < -0.3 is 5.32 Å². The van der Waals surface area contributed by atoms with E-state index in [1.807, 2.05) is 12.1 Å². The lowest BCUT2D eigenvalue weighted by atomic mass is 9.88. The van der Waals surface area contributed by atoms with Crippen molar-refractivity contribution in [3.63, 3.8) is 0 Å². The fraction of sp³-hybridized carbons (Fsp3) is 0.357. The molecule has 2 heteroatoms. The zero-order valence-corrected chi connectivity index (χ0v) is 9.58. The summed E-state index contributed by atoms with van der Waals surface area (Å²) in [4.78, 5) is 4.17. The number of piperidine rings is 1. The highest BCUT2D eigenvalue weighted by Crippen LogP contribution is 2.35. The third-order valence-electron chi connectivity index (χ3n) is 3.26. The van der Waals surface area contributed by atoms with Gasteiger partial charge in [-0.05, 0) is 49.7 Å².